The molecule has 0 aliphatic heterocycles. The molecule has 0 heterocycles. The van der Waals surface area contributed by atoms with Crippen LogP contribution in [0.1, 0.15) is 12.0 Å². The summed E-state index contributed by atoms with van der Waals surface area (Å²) in [6.45, 7) is 0.496. The number of ether oxygens (including phenoxy) is 1. The summed E-state index contributed by atoms with van der Waals surface area (Å²) >= 11 is 6.06. The van der Waals surface area contributed by atoms with Gasteiger partial charge in [0.25, 0.3) is 0 Å². The average molecular weight is 277 g/mol. The fraction of sp³-hybridized carbons (Fsp3) is 0.250. The van der Waals surface area contributed by atoms with Gasteiger partial charge in [-0.3, -0.25) is 0 Å². The highest BCUT2D eigenvalue weighted by Crippen LogP contribution is 2.17. The quantitative estimate of drug-likeness (QED) is 0.871. The van der Waals surface area contributed by atoms with Crippen molar-refractivity contribution in [2.45, 2.75) is 18.9 Å². The molecule has 0 aliphatic rings. The molecule has 100 valence electrons. The molecular formula is C16H17ClO2. The summed E-state index contributed by atoms with van der Waals surface area (Å²) in [6, 6.07) is 17.2. The van der Waals surface area contributed by atoms with Crippen LogP contribution < -0.4 is 4.74 Å². The van der Waals surface area contributed by atoms with Gasteiger partial charge in [-0.1, -0.05) is 48.0 Å². The predicted molar refractivity (Wildman–Crippen MR) is 77.7 cm³/mol. The summed E-state index contributed by atoms with van der Waals surface area (Å²) in [6.07, 6.45) is 0.696. The number of para-hydroxylation sites is 1. The zero-order valence-electron chi connectivity index (χ0n) is 10.6. The maximum absolute atomic E-state index is 9.97. The van der Waals surface area contributed by atoms with E-state index in [0.717, 1.165) is 11.3 Å². The molecule has 2 nitrogen and oxygen atoms in total. The number of aliphatic hydroxyl groups excluding tert-OH is 1. The van der Waals surface area contributed by atoms with Crippen LogP contribution >= 0.6 is 11.6 Å². The molecule has 0 bridgehead atoms. The number of halogens is 1. The Hall–Kier alpha value is -1.51. The van der Waals surface area contributed by atoms with Crippen LogP contribution in [0.2, 0.25) is 5.02 Å². The molecular weight excluding hydrogens is 260 g/mol. The van der Waals surface area contributed by atoms with Crippen molar-refractivity contribution in [3.8, 4) is 5.75 Å². The van der Waals surface area contributed by atoms with Crippen LogP contribution in [0.25, 0.3) is 0 Å². The van der Waals surface area contributed by atoms with E-state index in [1.807, 2.05) is 54.6 Å². The lowest BCUT2D eigenvalue weighted by atomic mass is 10.1. The lowest BCUT2D eigenvalue weighted by Crippen LogP contribution is -2.15. The van der Waals surface area contributed by atoms with E-state index in [1.54, 1.807) is 0 Å². The van der Waals surface area contributed by atoms with Gasteiger partial charge >= 0.3 is 0 Å². The zero-order valence-corrected chi connectivity index (χ0v) is 11.4. The van der Waals surface area contributed by atoms with Crippen molar-refractivity contribution in [1.29, 1.82) is 0 Å². The molecule has 19 heavy (non-hydrogen) atoms. The zero-order chi connectivity index (χ0) is 13.5. The Kier molecular flexibility index (Phi) is 5.25. The predicted octanol–water partition coefficient (Wildman–Crippen LogP) is 3.71. The number of benzene rings is 2. The summed E-state index contributed by atoms with van der Waals surface area (Å²) in [5, 5.41) is 10.7. The SMILES string of the molecule is OC(CCOc1ccccc1)Cc1ccccc1Cl. The average Bonchev–Trinajstić information content (AvgIpc) is 2.43. The molecule has 0 radical (unpaired) electrons. The van der Waals surface area contributed by atoms with E-state index >= 15 is 0 Å². The monoisotopic (exact) mass is 276 g/mol. The fourth-order valence-electron chi connectivity index (χ4n) is 1.85. The van der Waals surface area contributed by atoms with E-state index in [0.29, 0.717) is 24.5 Å². The second kappa shape index (κ2) is 7.17. The molecule has 1 atom stereocenters. The summed E-state index contributed by atoms with van der Waals surface area (Å²) in [4.78, 5) is 0. The first-order valence-electron chi connectivity index (χ1n) is 6.35. The van der Waals surface area contributed by atoms with E-state index in [4.69, 9.17) is 16.3 Å². The minimum Gasteiger partial charge on any atom is -0.493 e. The van der Waals surface area contributed by atoms with Gasteiger partial charge in [0.1, 0.15) is 5.75 Å². The van der Waals surface area contributed by atoms with Crippen LogP contribution in [0, 0.1) is 0 Å². The van der Waals surface area contributed by atoms with Gasteiger partial charge in [-0.25, -0.2) is 0 Å². The van der Waals surface area contributed by atoms with Crippen LogP contribution in [0.3, 0.4) is 0 Å². The Morgan fingerprint density at radius 1 is 1.00 bits per heavy atom. The molecule has 0 aliphatic carbocycles. The normalized spacial score (nSPS) is 12.1. The van der Waals surface area contributed by atoms with Crippen molar-refractivity contribution in [2.24, 2.45) is 0 Å². The van der Waals surface area contributed by atoms with Crippen LogP contribution in [0.15, 0.2) is 54.6 Å². The molecule has 2 rings (SSSR count). The molecule has 1 unspecified atom stereocenters. The minimum atomic E-state index is -0.441. The molecule has 2 aromatic carbocycles. The van der Waals surface area contributed by atoms with Crippen molar-refractivity contribution >= 4 is 11.6 Å². The van der Waals surface area contributed by atoms with Gasteiger partial charge < -0.3 is 9.84 Å². The van der Waals surface area contributed by atoms with Gasteiger partial charge in [0.15, 0.2) is 0 Å². The third kappa shape index (κ3) is 4.58. The lowest BCUT2D eigenvalue weighted by Gasteiger charge is -2.12. The number of aliphatic hydroxyl groups is 1. The van der Waals surface area contributed by atoms with Crippen LogP contribution in [-0.4, -0.2) is 17.8 Å². The molecule has 0 fully saturated rings. The number of hydrogen-bond donors (Lipinski definition) is 1. The Morgan fingerprint density at radius 3 is 2.42 bits per heavy atom. The maximum atomic E-state index is 9.97. The summed E-state index contributed by atoms with van der Waals surface area (Å²) in [7, 11) is 0. The molecule has 2 aromatic rings. The fourth-order valence-corrected chi connectivity index (χ4v) is 2.06. The highest BCUT2D eigenvalue weighted by molar-refractivity contribution is 6.31. The van der Waals surface area contributed by atoms with Crippen molar-refractivity contribution in [2.75, 3.05) is 6.61 Å². The lowest BCUT2D eigenvalue weighted by molar-refractivity contribution is 0.139. The Bertz CT molecular complexity index is 499. The van der Waals surface area contributed by atoms with Crippen molar-refractivity contribution in [3.63, 3.8) is 0 Å². The van der Waals surface area contributed by atoms with Crippen LogP contribution in [0.5, 0.6) is 5.75 Å². The first kappa shape index (κ1) is 13.9. The first-order chi connectivity index (χ1) is 9.25. The van der Waals surface area contributed by atoms with Crippen LogP contribution in [-0.2, 0) is 6.42 Å². The van der Waals surface area contributed by atoms with E-state index in [1.165, 1.54) is 0 Å². The van der Waals surface area contributed by atoms with Gasteiger partial charge in [0.2, 0.25) is 0 Å². The van der Waals surface area contributed by atoms with E-state index in [2.05, 4.69) is 0 Å². The summed E-state index contributed by atoms with van der Waals surface area (Å²) < 4.78 is 5.55. The summed E-state index contributed by atoms with van der Waals surface area (Å²) in [5.41, 5.74) is 0.969. The molecule has 0 saturated heterocycles. The smallest absolute Gasteiger partial charge is 0.119 e. The van der Waals surface area contributed by atoms with E-state index < -0.39 is 6.10 Å². The molecule has 3 heteroatoms. The topological polar surface area (TPSA) is 29.5 Å². The highest BCUT2D eigenvalue weighted by Gasteiger charge is 2.08. The third-order valence-corrected chi connectivity index (χ3v) is 3.25. The first-order valence-corrected chi connectivity index (χ1v) is 6.73. The number of hydrogen-bond acceptors (Lipinski definition) is 2. The second-order valence-electron chi connectivity index (χ2n) is 4.40. The Labute approximate surface area is 118 Å². The largest absolute Gasteiger partial charge is 0.493 e. The third-order valence-electron chi connectivity index (χ3n) is 2.88. The molecule has 0 amide bonds. The van der Waals surface area contributed by atoms with E-state index in [-0.39, 0.29) is 0 Å². The van der Waals surface area contributed by atoms with Gasteiger partial charge in [0, 0.05) is 11.4 Å². The molecule has 0 saturated carbocycles. The Morgan fingerprint density at radius 2 is 1.68 bits per heavy atom. The molecule has 0 aromatic heterocycles. The second-order valence-corrected chi connectivity index (χ2v) is 4.81. The Balaban J connectivity index is 1.76. The van der Waals surface area contributed by atoms with Gasteiger partial charge in [-0.15, -0.1) is 0 Å². The maximum Gasteiger partial charge on any atom is 0.119 e. The summed E-state index contributed by atoms with van der Waals surface area (Å²) in [5.74, 6) is 0.826. The van der Waals surface area contributed by atoms with E-state index in [9.17, 15) is 5.11 Å². The van der Waals surface area contributed by atoms with Gasteiger partial charge in [-0.05, 0) is 30.2 Å². The minimum absolute atomic E-state index is 0.441. The molecule has 1 N–H and O–H groups in total. The standard InChI is InChI=1S/C16H17ClO2/c17-16-9-5-4-6-13(16)12-14(18)10-11-19-15-7-2-1-3-8-15/h1-9,14,18H,10-12H2. The number of rotatable bonds is 6. The van der Waals surface area contributed by atoms with Crippen molar-refractivity contribution < 1.29 is 9.84 Å². The van der Waals surface area contributed by atoms with Gasteiger partial charge in [-0.2, -0.15) is 0 Å². The van der Waals surface area contributed by atoms with Gasteiger partial charge in [0.05, 0.1) is 12.7 Å². The van der Waals surface area contributed by atoms with Crippen molar-refractivity contribution in [3.05, 3.63) is 65.2 Å². The van der Waals surface area contributed by atoms with Crippen LogP contribution in [0.4, 0.5) is 0 Å². The highest BCUT2D eigenvalue weighted by atomic mass is 35.5. The van der Waals surface area contributed by atoms with Crippen molar-refractivity contribution in [1.82, 2.24) is 0 Å². The molecule has 0 spiro atoms.